The standard InChI is InChI=1S/C12H21N3O2/c1-4-9(2)15(5-6-17-3)12(16)11-7-10(13)8-14-11/h7-9,14H,4-6,13H2,1-3H3. The topological polar surface area (TPSA) is 71.3 Å². The summed E-state index contributed by atoms with van der Waals surface area (Å²) >= 11 is 0. The second-order valence-electron chi connectivity index (χ2n) is 4.10. The Hall–Kier alpha value is -1.49. The number of H-pyrrole nitrogens is 1. The fraction of sp³-hybridized carbons (Fsp3) is 0.583. The minimum absolute atomic E-state index is 0.0342. The molecule has 1 unspecified atom stereocenters. The van der Waals surface area contributed by atoms with Crippen molar-refractivity contribution >= 4 is 11.6 Å². The van der Waals surface area contributed by atoms with Gasteiger partial charge in [-0.15, -0.1) is 0 Å². The summed E-state index contributed by atoms with van der Waals surface area (Å²) in [5, 5.41) is 0. The van der Waals surface area contributed by atoms with Crippen LogP contribution in [0.2, 0.25) is 0 Å². The number of nitrogen functional groups attached to an aromatic ring is 1. The molecule has 0 fully saturated rings. The van der Waals surface area contributed by atoms with Crippen molar-refractivity contribution in [2.24, 2.45) is 0 Å². The number of nitrogens with two attached hydrogens (primary N) is 1. The van der Waals surface area contributed by atoms with Gasteiger partial charge in [-0.3, -0.25) is 4.79 Å². The van der Waals surface area contributed by atoms with E-state index in [0.717, 1.165) is 6.42 Å². The Labute approximate surface area is 102 Å². The molecule has 1 amide bonds. The van der Waals surface area contributed by atoms with E-state index in [9.17, 15) is 4.79 Å². The smallest absolute Gasteiger partial charge is 0.270 e. The van der Waals surface area contributed by atoms with Crippen LogP contribution in [0.15, 0.2) is 12.3 Å². The lowest BCUT2D eigenvalue weighted by molar-refractivity contribution is 0.0609. The highest BCUT2D eigenvalue weighted by molar-refractivity contribution is 5.93. The minimum Gasteiger partial charge on any atom is -0.397 e. The van der Waals surface area contributed by atoms with E-state index in [0.29, 0.717) is 24.5 Å². The summed E-state index contributed by atoms with van der Waals surface area (Å²) in [5.41, 5.74) is 6.70. The van der Waals surface area contributed by atoms with Crippen LogP contribution in [0.4, 0.5) is 5.69 Å². The van der Waals surface area contributed by atoms with Gasteiger partial charge in [0.15, 0.2) is 0 Å². The number of aromatic nitrogens is 1. The molecule has 1 atom stereocenters. The number of nitrogens with one attached hydrogen (secondary N) is 1. The summed E-state index contributed by atoms with van der Waals surface area (Å²) in [7, 11) is 1.63. The highest BCUT2D eigenvalue weighted by Crippen LogP contribution is 2.12. The van der Waals surface area contributed by atoms with Gasteiger partial charge in [-0.2, -0.15) is 0 Å². The van der Waals surface area contributed by atoms with Crippen molar-refractivity contribution in [1.82, 2.24) is 9.88 Å². The van der Waals surface area contributed by atoms with Crippen LogP contribution in [0, 0.1) is 0 Å². The van der Waals surface area contributed by atoms with Crippen molar-refractivity contribution in [3.8, 4) is 0 Å². The lowest BCUT2D eigenvalue weighted by Crippen LogP contribution is -2.40. The van der Waals surface area contributed by atoms with Crippen molar-refractivity contribution in [3.05, 3.63) is 18.0 Å². The predicted molar refractivity (Wildman–Crippen MR) is 67.9 cm³/mol. The number of hydrogen-bond donors (Lipinski definition) is 2. The maximum atomic E-state index is 12.2. The van der Waals surface area contributed by atoms with E-state index in [1.165, 1.54) is 0 Å². The molecule has 17 heavy (non-hydrogen) atoms. The lowest BCUT2D eigenvalue weighted by Gasteiger charge is -2.27. The average Bonchev–Trinajstić information content (AvgIpc) is 2.75. The minimum atomic E-state index is -0.0342. The van der Waals surface area contributed by atoms with Crippen LogP contribution in [-0.2, 0) is 4.74 Å². The molecule has 0 aliphatic heterocycles. The monoisotopic (exact) mass is 239 g/mol. The molecule has 0 saturated heterocycles. The second-order valence-corrected chi connectivity index (χ2v) is 4.10. The Bertz CT molecular complexity index is 362. The first kappa shape index (κ1) is 13.6. The van der Waals surface area contributed by atoms with Gasteiger partial charge in [0, 0.05) is 31.6 Å². The Morgan fingerprint density at radius 3 is 2.82 bits per heavy atom. The average molecular weight is 239 g/mol. The molecule has 0 saturated carbocycles. The quantitative estimate of drug-likeness (QED) is 0.790. The second kappa shape index (κ2) is 6.30. The van der Waals surface area contributed by atoms with Gasteiger partial charge in [0.05, 0.1) is 6.61 Å². The van der Waals surface area contributed by atoms with E-state index in [1.807, 2.05) is 6.92 Å². The third-order valence-corrected chi connectivity index (χ3v) is 2.86. The molecule has 96 valence electrons. The van der Waals surface area contributed by atoms with Crippen LogP contribution < -0.4 is 5.73 Å². The summed E-state index contributed by atoms with van der Waals surface area (Å²) in [4.78, 5) is 16.9. The van der Waals surface area contributed by atoms with E-state index in [1.54, 1.807) is 24.3 Å². The molecular formula is C12H21N3O2. The van der Waals surface area contributed by atoms with Crippen molar-refractivity contribution in [2.75, 3.05) is 26.0 Å². The highest BCUT2D eigenvalue weighted by Gasteiger charge is 2.21. The maximum absolute atomic E-state index is 12.2. The largest absolute Gasteiger partial charge is 0.397 e. The Morgan fingerprint density at radius 1 is 1.65 bits per heavy atom. The van der Waals surface area contributed by atoms with Gasteiger partial charge in [-0.05, 0) is 19.4 Å². The summed E-state index contributed by atoms with van der Waals surface area (Å²) < 4.78 is 5.03. The number of nitrogens with zero attached hydrogens (tertiary/aromatic N) is 1. The lowest BCUT2D eigenvalue weighted by atomic mass is 10.2. The van der Waals surface area contributed by atoms with Gasteiger partial charge in [0.25, 0.3) is 5.91 Å². The van der Waals surface area contributed by atoms with Gasteiger partial charge in [0.2, 0.25) is 0 Å². The van der Waals surface area contributed by atoms with Crippen LogP contribution in [0.3, 0.4) is 0 Å². The first-order valence-electron chi connectivity index (χ1n) is 5.84. The Morgan fingerprint density at radius 2 is 2.35 bits per heavy atom. The van der Waals surface area contributed by atoms with Gasteiger partial charge in [-0.1, -0.05) is 6.92 Å². The van der Waals surface area contributed by atoms with E-state index >= 15 is 0 Å². The molecule has 0 aliphatic rings. The number of anilines is 1. The van der Waals surface area contributed by atoms with E-state index in [4.69, 9.17) is 10.5 Å². The molecule has 0 bridgehead atoms. The number of hydrogen-bond acceptors (Lipinski definition) is 3. The van der Waals surface area contributed by atoms with Crippen LogP contribution in [0.5, 0.6) is 0 Å². The number of rotatable bonds is 6. The fourth-order valence-corrected chi connectivity index (χ4v) is 1.62. The number of carbonyl (C=O) groups excluding carboxylic acids is 1. The van der Waals surface area contributed by atoms with Gasteiger partial charge < -0.3 is 20.4 Å². The number of ether oxygens (including phenoxy) is 1. The van der Waals surface area contributed by atoms with E-state index < -0.39 is 0 Å². The number of carbonyl (C=O) groups is 1. The summed E-state index contributed by atoms with van der Waals surface area (Å²) in [6, 6.07) is 1.84. The van der Waals surface area contributed by atoms with Crippen LogP contribution in [0.1, 0.15) is 30.8 Å². The predicted octanol–water partition coefficient (Wildman–Crippen LogP) is 1.48. The molecule has 5 nitrogen and oxygen atoms in total. The summed E-state index contributed by atoms with van der Waals surface area (Å²) in [5.74, 6) is -0.0342. The molecular weight excluding hydrogens is 218 g/mol. The SMILES string of the molecule is CCC(C)N(CCOC)C(=O)c1cc(N)c[nH]1. The third kappa shape index (κ3) is 3.49. The van der Waals surface area contributed by atoms with Gasteiger partial charge >= 0.3 is 0 Å². The molecule has 3 N–H and O–H groups in total. The molecule has 1 rings (SSSR count). The third-order valence-electron chi connectivity index (χ3n) is 2.86. The molecule has 0 aliphatic carbocycles. The van der Waals surface area contributed by atoms with E-state index in [-0.39, 0.29) is 11.9 Å². The van der Waals surface area contributed by atoms with Crippen LogP contribution in [-0.4, -0.2) is 42.1 Å². The molecule has 5 heteroatoms. The van der Waals surface area contributed by atoms with Crippen LogP contribution >= 0.6 is 0 Å². The van der Waals surface area contributed by atoms with Crippen LogP contribution in [0.25, 0.3) is 0 Å². The zero-order valence-electron chi connectivity index (χ0n) is 10.7. The van der Waals surface area contributed by atoms with Gasteiger partial charge in [0.1, 0.15) is 5.69 Å². The zero-order chi connectivity index (χ0) is 12.8. The fourth-order valence-electron chi connectivity index (χ4n) is 1.62. The number of methoxy groups -OCH3 is 1. The normalized spacial score (nSPS) is 12.4. The maximum Gasteiger partial charge on any atom is 0.270 e. The first-order chi connectivity index (χ1) is 8.10. The molecule has 1 aromatic heterocycles. The van der Waals surface area contributed by atoms with Crippen molar-refractivity contribution in [2.45, 2.75) is 26.3 Å². The molecule has 1 heterocycles. The van der Waals surface area contributed by atoms with Crippen molar-refractivity contribution < 1.29 is 9.53 Å². The highest BCUT2D eigenvalue weighted by atomic mass is 16.5. The van der Waals surface area contributed by atoms with Gasteiger partial charge in [-0.25, -0.2) is 0 Å². The zero-order valence-corrected chi connectivity index (χ0v) is 10.7. The number of amides is 1. The Balaban J connectivity index is 2.78. The van der Waals surface area contributed by atoms with Crippen molar-refractivity contribution in [3.63, 3.8) is 0 Å². The van der Waals surface area contributed by atoms with Crippen molar-refractivity contribution in [1.29, 1.82) is 0 Å². The molecule has 1 aromatic rings. The summed E-state index contributed by atoms with van der Waals surface area (Å²) in [6.45, 7) is 5.20. The first-order valence-corrected chi connectivity index (χ1v) is 5.84. The number of aromatic amines is 1. The molecule has 0 aromatic carbocycles. The molecule has 0 spiro atoms. The Kier molecular flexibility index (Phi) is 5.03. The molecule has 0 radical (unpaired) electrons. The summed E-state index contributed by atoms with van der Waals surface area (Å²) in [6.07, 6.45) is 2.53. The van der Waals surface area contributed by atoms with E-state index in [2.05, 4.69) is 11.9 Å².